The number of nitrogens with zero attached hydrogens (tertiary/aromatic N) is 2. The van der Waals surface area contributed by atoms with Gasteiger partial charge in [0.1, 0.15) is 25.1 Å². The second-order valence-corrected chi connectivity index (χ2v) is 4.74. The zero-order chi connectivity index (χ0) is 15.1. The molecule has 0 unspecified atom stereocenters. The van der Waals surface area contributed by atoms with Crippen LogP contribution in [0.2, 0.25) is 5.15 Å². The van der Waals surface area contributed by atoms with Gasteiger partial charge < -0.3 is 19.7 Å². The van der Waals surface area contributed by atoms with Gasteiger partial charge in [-0.25, -0.2) is 9.97 Å². The summed E-state index contributed by atoms with van der Waals surface area (Å²) in [6, 6.07) is 3.88. The molecule has 0 spiro atoms. The number of aliphatic hydroxyl groups is 2. The van der Waals surface area contributed by atoms with E-state index in [1.807, 2.05) is 12.1 Å². The van der Waals surface area contributed by atoms with Crippen molar-refractivity contribution >= 4 is 22.5 Å². The highest BCUT2D eigenvalue weighted by Gasteiger charge is 2.09. The Morgan fingerprint density at radius 3 is 2.19 bits per heavy atom. The second-order valence-electron chi connectivity index (χ2n) is 4.38. The van der Waals surface area contributed by atoms with Gasteiger partial charge in [0.2, 0.25) is 0 Å². The third-order valence-electron chi connectivity index (χ3n) is 3.12. The van der Waals surface area contributed by atoms with Gasteiger partial charge in [0, 0.05) is 5.39 Å². The van der Waals surface area contributed by atoms with Crippen molar-refractivity contribution in [3.63, 3.8) is 0 Å². The normalized spacial score (nSPS) is 11.2. The van der Waals surface area contributed by atoms with Gasteiger partial charge in [0.15, 0.2) is 0 Å². The Morgan fingerprint density at radius 2 is 1.57 bits per heavy atom. The molecule has 0 bridgehead atoms. The fourth-order valence-corrected chi connectivity index (χ4v) is 2.31. The van der Waals surface area contributed by atoms with Crippen LogP contribution in [0.3, 0.4) is 0 Å². The molecule has 1 heterocycles. The summed E-state index contributed by atoms with van der Waals surface area (Å²) in [5, 5.41) is 18.6. The number of benzene rings is 1. The summed E-state index contributed by atoms with van der Waals surface area (Å²) in [6.45, 7) is 0.209. The molecule has 0 radical (unpaired) electrons. The first-order valence-electron chi connectivity index (χ1n) is 6.55. The van der Waals surface area contributed by atoms with E-state index in [1.54, 1.807) is 0 Å². The molecule has 114 valence electrons. The minimum atomic E-state index is -0.305. The zero-order valence-corrected chi connectivity index (χ0v) is 12.2. The van der Waals surface area contributed by atoms with Crippen LogP contribution in [0.4, 0.5) is 0 Å². The molecule has 0 fully saturated rings. The number of aliphatic hydroxyl groups excluding tert-OH is 2. The molecular formula is C14H17ClN2O4. The lowest BCUT2D eigenvalue weighted by Gasteiger charge is -2.12. The van der Waals surface area contributed by atoms with E-state index in [0.717, 1.165) is 22.0 Å². The van der Waals surface area contributed by atoms with Gasteiger partial charge in [0.05, 0.1) is 18.7 Å². The number of rotatable bonds is 8. The van der Waals surface area contributed by atoms with E-state index >= 15 is 0 Å². The predicted molar refractivity (Wildman–Crippen MR) is 78.0 cm³/mol. The number of ether oxygens (including phenoxy) is 2. The van der Waals surface area contributed by atoms with Crippen molar-refractivity contribution in [2.45, 2.75) is 12.8 Å². The number of hydrogen-bond acceptors (Lipinski definition) is 6. The summed E-state index contributed by atoms with van der Waals surface area (Å²) in [5.74, 6) is 0. The fourth-order valence-electron chi connectivity index (χ4n) is 2.12. The van der Waals surface area contributed by atoms with Crippen molar-refractivity contribution in [2.75, 3.05) is 26.8 Å². The van der Waals surface area contributed by atoms with Crippen LogP contribution in [-0.2, 0) is 22.3 Å². The highest BCUT2D eigenvalue weighted by atomic mass is 35.5. The van der Waals surface area contributed by atoms with Crippen LogP contribution in [0.15, 0.2) is 18.5 Å². The summed E-state index contributed by atoms with van der Waals surface area (Å²) in [7, 11) is 0. The Balaban J connectivity index is 2.29. The number of halogens is 1. The summed E-state index contributed by atoms with van der Waals surface area (Å²) < 4.78 is 9.96. The van der Waals surface area contributed by atoms with Gasteiger partial charge in [-0.1, -0.05) is 11.6 Å². The van der Waals surface area contributed by atoms with Crippen LogP contribution in [0.1, 0.15) is 11.1 Å². The molecule has 2 N–H and O–H groups in total. The van der Waals surface area contributed by atoms with Crippen LogP contribution in [0.25, 0.3) is 10.9 Å². The topological polar surface area (TPSA) is 84.7 Å². The highest BCUT2D eigenvalue weighted by molar-refractivity contribution is 6.34. The van der Waals surface area contributed by atoms with E-state index in [1.165, 1.54) is 6.33 Å². The molecule has 0 atom stereocenters. The Bertz CT molecular complexity index is 594. The van der Waals surface area contributed by atoms with Crippen LogP contribution in [0, 0.1) is 0 Å². The SMILES string of the molecule is OCOCCc1cc2ncnc(Cl)c2cc1CCOCO. The molecule has 1 aromatic heterocycles. The molecule has 1 aromatic carbocycles. The third kappa shape index (κ3) is 4.33. The van der Waals surface area contributed by atoms with Gasteiger partial charge in [-0.05, 0) is 36.1 Å². The lowest BCUT2D eigenvalue weighted by Crippen LogP contribution is -2.06. The molecule has 0 aliphatic heterocycles. The molecule has 6 nitrogen and oxygen atoms in total. The smallest absolute Gasteiger partial charge is 0.143 e. The molecule has 2 aromatic rings. The Labute approximate surface area is 127 Å². The molecule has 21 heavy (non-hydrogen) atoms. The van der Waals surface area contributed by atoms with Crippen molar-refractivity contribution in [1.82, 2.24) is 9.97 Å². The van der Waals surface area contributed by atoms with Crippen molar-refractivity contribution in [2.24, 2.45) is 0 Å². The minimum Gasteiger partial charge on any atom is -0.371 e. The van der Waals surface area contributed by atoms with Crippen molar-refractivity contribution in [3.05, 3.63) is 34.7 Å². The van der Waals surface area contributed by atoms with E-state index in [4.69, 9.17) is 31.3 Å². The van der Waals surface area contributed by atoms with E-state index in [9.17, 15) is 0 Å². The van der Waals surface area contributed by atoms with Gasteiger partial charge in [0.25, 0.3) is 0 Å². The van der Waals surface area contributed by atoms with Crippen molar-refractivity contribution in [1.29, 1.82) is 0 Å². The largest absolute Gasteiger partial charge is 0.371 e. The number of fused-ring (bicyclic) bond motifs is 1. The Hall–Kier alpha value is -1.31. The predicted octanol–water partition coefficient (Wildman–Crippen LogP) is 1.30. The average molecular weight is 313 g/mol. The maximum atomic E-state index is 8.69. The zero-order valence-electron chi connectivity index (χ0n) is 11.5. The fraction of sp³-hybridized carbons (Fsp3) is 0.429. The van der Waals surface area contributed by atoms with Crippen LogP contribution in [0.5, 0.6) is 0 Å². The van der Waals surface area contributed by atoms with E-state index < -0.39 is 0 Å². The van der Waals surface area contributed by atoms with Crippen LogP contribution < -0.4 is 0 Å². The van der Waals surface area contributed by atoms with Gasteiger partial charge in [-0.2, -0.15) is 0 Å². The first-order valence-corrected chi connectivity index (χ1v) is 6.93. The summed E-state index contributed by atoms with van der Waals surface area (Å²) in [4.78, 5) is 8.19. The third-order valence-corrected chi connectivity index (χ3v) is 3.42. The van der Waals surface area contributed by atoms with Crippen molar-refractivity contribution in [3.8, 4) is 0 Å². The average Bonchev–Trinajstić information content (AvgIpc) is 2.49. The van der Waals surface area contributed by atoms with Gasteiger partial charge in [-0.15, -0.1) is 0 Å². The van der Waals surface area contributed by atoms with E-state index in [-0.39, 0.29) is 13.6 Å². The van der Waals surface area contributed by atoms with Crippen LogP contribution >= 0.6 is 11.6 Å². The second kappa shape index (κ2) is 8.21. The highest BCUT2D eigenvalue weighted by Crippen LogP contribution is 2.24. The molecule has 7 heteroatoms. The maximum Gasteiger partial charge on any atom is 0.143 e. The first kappa shape index (κ1) is 16.1. The molecule has 0 aliphatic carbocycles. The summed E-state index contributed by atoms with van der Waals surface area (Å²) >= 11 is 6.09. The Kier molecular flexibility index (Phi) is 6.28. The molecule has 0 saturated carbocycles. The van der Waals surface area contributed by atoms with Gasteiger partial charge in [-0.3, -0.25) is 0 Å². The van der Waals surface area contributed by atoms with Gasteiger partial charge >= 0.3 is 0 Å². The quantitative estimate of drug-likeness (QED) is 0.434. The lowest BCUT2D eigenvalue weighted by molar-refractivity contribution is -0.00151. The maximum absolute atomic E-state index is 8.69. The molecule has 2 rings (SSSR count). The standard InChI is InChI=1S/C14H17ClN2O4/c15-14-12-5-10(1-3-20-8-18)11(2-4-21-9-19)6-13(12)16-7-17-14/h5-7,18-19H,1-4,8-9H2. The number of aromatic nitrogens is 2. The van der Waals surface area contributed by atoms with Crippen molar-refractivity contribution < 1.29 is 19.7 Å². The van der Waals surface area contributed by atoms with E-state index in [0.29, 0.717) is 31.2 Å². The van der Waals surface area contributed by atoms with Crippen LogP contribution in [-0.4, -0.2) is 47.0 Å². The minimum absolute atomic E-state index is 0.301. The molecule has 0 aliphatic rings. The molecular weight excluding hydrogens is 296 g/mol. The molecule has 0 amide bonds. The van der Waals surface area contributed by atoms with E-state index in [2.05, 4.69) is 9.97 Å². The monoisotopic (exact) mass is 312 g/mol. The molecule has 0 saturated heterocycles. The Morgan fingerprint density at radius 1 is 0.952 bits per heavy atom. The lowest BCUT2D eigenvalue weighted by atomic mass is 10.00. The number of hydrogen-bond donors (Lipinski definition) is 2. The summed E-state index contributed by atoms with van der Waals surface area (Å²) in [5.41, 5.74) is 2.85. The first-order chi connectivity index (χ1) is 10.3. The summed E-state index contributed by atoms with van der Waals surface area (Å²) in [6.07, 6.45) is 2.70.